The number of nitrogens with one attached hydrogen (secondary N) is 2. The topological polar surface area (TPSA) is 101 Å². The molecule has 0 aliphatic carbocycles. The van der Waals surface area contributed by atoms with Gasteiger partial charge in [0.15, 0.2) is 0 Å². The molecule has 1 heterocycles. The predicted molar refractivity (Wildman–Crippen MR) is 58.7 cm³/mol. The summed E-state index contributed by atoms with van der Waals surface area (Å²) in [6.07, 6.45) is 2.62. The summed E-state index contributed by atoms with van der Waals surface area (Å²) in [5, 5.41) is 2.55. The van der Waals surface area contributed by atoms with E-state index in [9.17, 15) is 9.59 Å². The highest BCUT2D eigenvalue weighted by Gasteiger charge is 2.16. The number of carbonyl (C=O) groups is 2. The Morgan fingerprint density at radius 1 is 1.75 bits per heavy atom. The van der Waals surface area contributed by atoms with E-state index in [1.54, 1.807) is 13.3 Å². The average molecular weight is 224 g/mol. The molecule has 6 heteroatoms. The molecule has 0 bridgehead atoms. The van der Waals surface area contributed by atoms with E-state index in [1.807, 2.05) is 6.92 Å². The number of nitrogens with zero attached hydrogens (tertiary/aromatic N) is 1. The number of carbonyl (C=O) groups excluding carboxylic acids is 2. The standard InChI is InChI=1S/C10H16N4O2/c1-6(11)10(16)14-8(4-15)3-9-7(2)12-5-13-9/h4-6,8H,3,11H2,1-2H3,(H,12,13)(H,14,16)/t6-,8-/m0/s1. The number of hydrogen-bond donors (Lipinski definition) is 3. The Labute approximate surface area is 93.6 Å². The van der Waals surface area contributed by atoms with Crippen LogP contribution in [0.5, 0.6) is 0 Å². The van der Waals surface area contributed by atoms with E-state index in [-0.39, 0.29) is 5.91 Å². The van der Waals surface area contributed by atoms with E-state index in [0.29, 0.717) is 12.7 Å². The number of aromatic amines is 1. The third-order valence-corrected chi connectivity index (χ3v) is 2.25. The molecule has 1 aromatic heterocycles. The molecule has 0 radical (unpaired) electrons. The zero-order valence-corrected chi connectivity index (χ0v) is 9.36. The Morgan fingerprint density at radius 3 is 2.88 bits per heavy atom. The lowest BCUT2D eigenvalue weighted by Gasteiger charge is -2.13. The Kier molecular flexibility index (Phi) is 4.19. The van der Waals surface area contributed by atoms with Crippen LogP contribution in [0.4, 0.5) is 0 Å². The number of hydrogen-bond acceptors (Lipinski definition) is 4. The lowest BCUT2D eigenvalue weighted by Crippen LogP contribution is -2.45. The summed E-state index contributed by atoms with van der Waals surface area (Å²) in [4.78, 5) is 29.1. The SMILES string of the molecule is Cc1[nH]cnc1C[C@@H](C=O)NC(=O)[C@H](C)N. The van der Waals surface area contributed by atoms with Gasteiger partial charge in [0, 0.05) is 12.1 Å². The van der Waals surface area contributed by atoms with Crippen molar-refractivity contribution >= 4 is 12.2 Å². The van der Waals surface area contributed by atoms with E-state index in [2.05, 4.69) is 15.3 Å². The van der Waals surface area contributed by atoms with Crippen molar-refractivity contribution in [1.29, 1.82) is 0 Å². The quantitative estimate of drug-likeness (QED) is 0.575. The van der Waals surface area contributed by atoms with E-state index in [1.165, 1.54) is 0 Å². The molecule has 1 amide bonds. The number of nitrogens with two attached hydrogens (primary N) is 1. The highest BCUT2D eigenvalue weighted by molar-refractivity contribution is 5.83. The third kappa shape index (κ3) is 3.16. The Morgan fingerprint density at radius 2 is 2.44 bits per heavy atom. The van der Waals surface area contributed by atoms with Gasteiger partial charge in [-0.1, -0.05) is 0 Å². The zero-order chi connectivity index (χ0) is 12.1. The summed E-state index contributed by atoms with van der Waals surface area (Å²) in [5.41, 5.74) is 7.05. The van der Waals surface area contributed by atoms with Crippen LogP contribution in [0.25, 0.3) is 0 Å². The van der Waals surface area contributed by atoms with Gasteiger partial charge in [-0.2, -0.15) is 0 Å². The van der Waals surface area contributed by atoms with Crippen molar-refractivity contribution < 1.29 is 9.59 Å². The fourth-order valence-electron chi connectivity index (χ4n) is 1.25. The minimum Gasteiger partial charge on any atom is -0.348 e. The van der Waals surface area contributed by atoms with Crippen LogP contribution in [0, 0.1) is 6.92 Å². The maximum absolute atomic E-state index is 11.3. The van der Waals surface area contributed by atoms with Gasteiger partial charge < -0.3 is 20.8 Å². The molecule has 0 saturated carbocycles. The molecule has 0 spiro atoms. The number of H-pyrrole nitrogens is 1. The average Bonchev–Trinajstić information content (AvgIpc) is 2.63. The highest BCUT2D eigenvalue weighted by atomic mass is 16.2. The maximum Gasteiger partial charge on any atom is 0.237 e. The van der Waals surface area contributed by atoms with E-state index in [4.69, 9.17) is 5.73 Å². The molecule has 4 N–H and O–H groups in total. The molecule has 16 heavy (non-hydrogen) atoms. The smallest absolute Gasteiger partial charge is 0.237 e. The first-order chi connectivity index (χ1) is 7.54. The van der Waals surface area contributed by atoms with Crippen LogP contribution in [0.2, 0.25) is 0 Å². The van der Waals surface area contributed by atoms with Crippen molar-refractivity contribution in [2.24, 2.45) is 5.73 Å². The van der Waals surface area contributed by atoms with Gasteiger partial charge >= 0.3 is 0 Å². The maximum atomic E-state index is 11.3. The van der Waals surface area contributed by atoms with Gasteiger partial charge in [0.2, 0.25) is 5.91 Å². The summed E-state index contributed by atoms with van der Waals surface area (Å²) >= 11 is 0. The van der Waals surface area contributed by atoms with Gasteiger partial charge in [-0.05, 0) is 13.8 Å². The second-order valence-electron chi connectivity index (χ2n) is 3.72. The summed E-state index contributed by atoms with van der Waals surface area (Å²) in [7, 11) is 0. The van der Waals surface area contributed by atoms with E-state index >= 15 is 0 Å². The first-order valence-corrected chi connectivity index (χ1v) is 5.04. The molecular weight excluding hydrogens is 208 g/mol. The van der Waals surface area contributed by atoms with Gasteiger partial charge in [0.1, 0.15) is 6.29 Å². The van der Waals surface area contributed by atoms with Crippen molar-refractivity contribution in [3.63, 3.8) is 0 Å². The van der Waals surface area contributed by atoms with Crippen molar-refractivity contribution in [3.05, 3.63) is 17.7 Å². The predicted octanol–water partition coefficient (Wildman–Crippen LogP) is -0.708. The van der Waals surface area contributed by atoms with E-state index < -0.39 is 12.1 Å². The fourth-order valence-corrected chi connectivity index (χ4v) is 1.25. The molecular formula is C10H16N4O2. The van der Waals surface area contributed by atoms with Crippen LogP contribution in [-0.4, -0.2) is 34.2 Å². The first kappa shape index (κ1) is 12.4. The monoisotopic (exact) mass is 224 g/mol. The Bertz CT molecular complexity index is 373. The zero-order valence-electron chi connectivity index (χ0n) is 9.36. The Balaban J connectivity index is 2.60. The van der Waals surface area contributed by atoms with Crippen LogP contribution < -0.4 is 11.1 Å². The normalized spacial score (nSPS) is 14.2. The second-order valence-corrected chi connectivity index (χ2v) is 3.72. The Hall–Kier alpha value is -1.69. The molecule has 88 valence electrons. The van der Waals surface area contributed by atoms with Crippen LogP contribution >= 0.6 is 0 Å². The minimum absolute atomic E-state index is 0.342. The number of rotatable bonds is 5. The highest BCUT2D eigenvalue weighted by Crippen LogP contribution is 2.03. The molecule has 2 atom stereocenters. The summed E-state index contributed by atoms with van der Waals surface area (Å²) in [6, 6.07) is -1.21. The van der Waals surface area contributed by atoms with Crippen molar-refractivity contribution in [3.8, 4) is 0 Å². The first-order valence-electron chi connectivity index (χ1n) is 5.04. The number of imidazole rings is 1. The number of aldehydes is 1. The molecule has 0 saturated heterocycles. The molecule has 0 fully saturated rings. The third-order valence-electron chi connectivity index (χ3n) is 2.25. The van der Waals surface area contributed by atoms with Crippen molar-refractivity contribution in [1.82, 2.24) is 15.3 Å². The molecule has 1 aromatic rings. The van der Waals surface area contributed by atoms with Crippen molar-refractivity contribution in [2.45, 2.75) is 32.4 Å². The summed E-state index contributed by atoms with van der Waals surface area (Å²) < 4.78 is 0. The molecule has 1 rings (SSSR count). The molecule has 0 aliphatic heterocycles. The molecule has 0 unspecified atom stereocenters. The van der Waals surface area contributed by atoms with Gasteiger partial charge in [-0.3, -0.25) is 4.79 Å². The lowest BCUT2D eigenvalue weighted by molar-refractivity contribution is -0.124. The second kappa shape index (κ2) is 5.41. The van der Waals surface area contributed by atoms with Crippen LogP contribution in [0.15, 0.2) is 6.33 Å². The van der Waals surface area contributed by atoms with Crippen LogP contribution in [0.1, 0.15) is 18.3 Å². The minimum atomic E-state index is -0.622. The van der Waals surface area contributed by atoms with Gasteiger partial charge in [-0.25, -0.2) is 4.98 Å². The molecule has 0 aromatic carbocycles. The number of aromatic nitrogens is 2. The fraction of sp³-hybridized carbons (Fsp3) is 0.500. The van der Waals surface area contributed by atoms with Gasteiger partial charge in [0.25, 0.3) is 0 Å². The largest absolute Gasteiger partial charge is 0.348 e. The van der Waals surface area contributed by atoms with Crippen LogP contribution in [0.3, 0.4) is 0 Å². The van der Waals surface area contributed by atoms with Gasteiger partial charge in [-0.15, -0.1) is 0 Å². The van der Waals surface area contributed by atoms with E-state index in [0.717, 1.165) is 11.4 Å². The van der Waals surface area contributed by atoms with Crippen LogP contribution in [-0.2, 0) is 16.0 Å². The lowest BCUT2D eigenvalue weighted by atomic mass is 10.1. The van der Waals surface area contributed by atoms with Gasteiger partial charge in [0.05, 0.1) is 24.1 Å². The summed E-state index contributed by atoms with van der Waals surface area (Å²) in [6.45, 7) is 3.43. The summed E-state index contributed by atoms with van der Waals surface area (Å²) in [5.74, 6) is -0.342. The number of aryl methyl sites for hydroxylation is 1. The van der Waals surface area contributed by atoms with Crippen molar-refractivity contribution in [2.75, 3.05) is 0 Å². The number of amides is 1. The molecule has 6 nitrogen and oxygen atoms in total. The molecule has 0 aliphatic rings.